The Morgan fingerprint density at radius 2 is 2.75 bits per heavy atom. The maximum Gasteiger partial charge on any atom is 0.343 e. The number of hydrogen-bond acceptors (Lipinski definition) is 3. The molecule has 0 saturated heterocycles. The zero-order valence-electron chi connectivity index (χ0n) is 4.16. The number of nitrogens with one attached hydrogen (secondary N) is 1. The van der Waals surface area contributed by atoms with E-state index in [1.165, 1.54) is 0 Å². The van der Waals surface area contributed by atoms with Crippen LogP contribution in [0.25, 0.3) is 0 Å². The van der Waals surface area contributed by atoms with E-state index in [2.05, 4.69) is 10.3 Å². The lowest BCUT2D eigenvalue weighted by Gasteiger charge is -1.97. The van der Waals surface area contributed by atoms with E-state index < -0.39 is 12.1 Å². The first-order valence-corrected chi connectivity index (χ1v) is 2.28. The van der Waals surface area contributed by atoms with Crippen LogP contribution in [0.2, 0.25) is 0 Å². The van der Waals surface area contributed by atoms with Crippen LogP contribution in [-0.4, -0.2) is 30.0 Å². The molecule has 1 unspecified atom stereocenters. The summed E-state index contributed by atoms with van der Waals surface area (Å²) in [7, 11) is 0. The SMILES string of the molecule is O=C(O)C1N=CCN1. The number of rotatable bonds is 1. The van der Waals surface area contributed by atoms with Crippen LogP contribution in [-0.2, 0) is 4.79 Å². The first-order valence-electron chi connectivity index (χ1n) is 2.28. The van der Waals surface area contributed by atoms with Gasteiger partial charge in [-0.2, -0.15) is 0 Å². The molecule has 1 atom stereocenters. The smallest absolute Gasteiger partial charge is 0.343 e. The second-order valence-corrected chi connectivity index (χ2v) is 1.48. The molecule has 1 heterocycles. The molecule has 8 heavy (non-hydrogen) atoms. The van der Waals surface area contributed by atoms with Crippen LogP contribution in [0.3, 0.4) is 0 Å². The van der Waals surface area contributed by atoms with Gasteiger partial charge in [0, 0.05) is 12.8 Å². The molecule has 4 heteroatoms. The highest BCUT2D eigenvalue weighted by atomic mass is 16.4. The molecule has 0 aromatic heterocycles. The Hall–Kier alpha value is -0.900. The number of carboxylic acids is 1. The Labute approximate surface area is 46.2 Å². The molecule has 44 valence electrons. The number of aliphatic carboxylic acids is 1. The monoisotopic (exact) mass is 114 g/mol. The molecule has 1 rings (SSSR count). The fourth-order valence-corrected chi connectivity index (χ4v) is 0.526. The van der Waals surface area contributed by atoms with Gasteiger partial charge in [0.1, 0.15) is 0 Å². The lowest BCUT2D eigenvalue weighted by Crippen LogP contribution is -2.30. The summed E-state index contributed by atoms with van der Waals surface area (Å²) < 4.78 is 0. The Bertz CT molecular complexity index is 132. The third-order valence-corrected chi connectivity index (χ3v) is 0.891. The molecule has 0 aromatic rings. The van der Waals surface area contributed by atoms with Gasteiger partial charge in [0.05, 0.1) is 0 Å². The quantitative estimate of drug-likeness (QED) is 0.463. The minimum absolute atomic E-state index is 0.566. The van der Waals surface area contributed by atoms with Gasteiger partial charge in [-0.3, -0.25) is 10.3 Å². The van der Waals surface area contributed by atoms with Gasteiger partial charge < -0.3 is 5.11 Å². The molecule has 1 aliphatic heterocycles. The van der Waals surface area contributed by atoms with E-state index in [0.717, 1.165) is 0 Å². The number of nitrogens with zero attached hydrogens (tertiary/aromatic N) is 1. The molecule has 1 aliphatic rings. The predicted octanol–water partition coefficient (Wildman–Crippen LogP) is -0.929. The summed E-state index contributed by atoms with van der Waals surface area (Å²) in [6.07, 6.45) is 0.855. The first-order chi connectivity index (χ1) is 3.80. The molecule has 0 bridgehead atoms. The molecule has 0 aliphatic carbocycles. The normalized spacial score (nSPS) is 26.2. The number of aliphatic imine (C=N–C) groups is 1. The standard InChI is InChI=1S/C4H6N2O2/c7-4(8)3-5-1-2-6-3/h1,3,6H,2H2,(H,7,8). The highest BCUT2D eigenvalue weighted by molar-refractivity contribution is 5.78. The van der Waals surface area contributed by atoms with E-state index in [1.807, 2.05) is 0 Å². The van der Waals surface area contributed by atoms with Gasteiger partial charge in [-0.15, -0.1) is 0 Å². The second kappa shape index (κ2) is 1.92. The van der Waals surface area contributed by atoms with Crippen LogP contribution in [0.1, 0.15) is 0 Å². The van der Waals surface area contributed by atoms with Gasteiger partial charge in [-0.05, 0) is 0 Å². The molecule has 0 fully saturated rings. The van der Waals surface area contributed by atoms with Gasteiger partial charge in [0.15, 0.2) is 6.17 Å². The van der Waals surface area contributed by atoms with E-state index in [9.17, 15) is 4.79 Å². The van der Waals surface area contributed by atoms with Crippen LogP contribution < -0.4 is 5.32 Å². The van der Waals surface area contributed by atoms with Crippen molar-refractivity contribution in [1.82, 2.24) is 5.32 Å². The Morgan fingerprint density at radius 3 is 3.00 bits per heavy atom. The first kappa shape index (κ1) is 5.24. The lowest BCUT2D eigenvalue weighted by molar-refractivity contribution is -0.138. The van der Waals surface area contributed by atoms with Crippen molar-refractivity contribution in [3.8, 4) is 0 Å². The lowest BCUT2D eigenvalue weighted by atomic mass is 10.5. The van der Waals surface area contributed by atoms with Gasteiger partial charge in [-0.1, -0.05) is 0 Å². The number of carboxylic acid groups (broad SMARTS) is 1. The second-order valence-electron chi connectivity index (χ2n) is 1.48. The fourth-order valence-electron chi connectivity index (χ4n) is 0.526. The van der Waals surface area contributed by atoms with Gasteiger partial charge in [0.2, 0.25) is 0 Å². The molecule has 0 spiro atoms. The maximum absolute atomic E-state index is 10.0. The maximum atomic E-state index is 10.0. The molecular formula is C4H6N2O2. The largest absolute Gasteiger partial charge is 0.479 e. The Morgan fingerprint density at radius 1 is 2.00 bits per heavy atom. The average molecular weight is 114 g/mol. The van der Waals surface area contributed by atoms with Crippen molar-refractivity contribution in [3.63, 3.8) is 0 Å². The fraction of sp³-hybridized carbons (Fsp3) is 0.500. The molecule has 0 aromatic carbocycles. The summed E-state index contributed by atoms with van der Waals surface area (Å²) in [4.78, 5) is 13.6. The molecule has 0 saturated carbocycles. The highest BCUT2D eigenvalue weighted by Crippen LogP contribution is 1.88. The Kier molecular flexibility index (Phi) is 1.26. The van der Waals surface area contributed by atoms with Crippen molar-refractivity contribution in [3.05, 3.63) is 0 Å². The summed E-state index contributed by atoms with van der Waals surface area (Å²) in [5.41, 5.74) is 0. The van der Waals surface area contributed by atoms with E-state index in [1.54, 1.807) is 6.21 Å². The van der Waals surface area contributed by atoms with Crippen molar-refractivity contribution in [2.75, 3.05) is 6.54 Å². The predicted molar refractivity (Wildman–Crippen MR) is 27.9 cm³/mol. The van der Waals surface area contributed by atoms with Crippen LogP contribution in [0.15, 0.2) is 4.99 Å². The minimum atomic E-state index is -0.918. The topological polar surface area (TPSA) is 61.7 Å². The summed E-state index contributed by atoms with van der Waals surface area (Å²) in [5.74, 6) is -0.918. The zero-order valence-corrected chi connectivity index (χ0v) is 4.16. The zero-order chi connectivity index (χ0) is 5.98. The van der Waals surface area contributed by atoms with Crippen LogP contribution >= 0.6 is 0 Å². The molecule has 0 amide bonds. The van der Waals surface area contributed by atoms with E-state index in [0.29, 0.717) is 6.54 Å². The van der Waals surface area contributed by atoms with E-state index in [-0.39, 0.29) is 0 Å². The summed E-state index contributed by atoms with van der Waals surface area (Å²) >= 11 is 0. The van der Waals surface area contributed by atoms with Gasteiger partial charge >= 0.3 is 5.97 Å². The van der Waals surface area contributed by atoms with E-state index >= 15 is 0 Å². The minimum Gasteiger partial charge on any atom is -0.479 e. The average Bonchev–Trinajstić information content (AvgIpc) is 2.12. The van der Waals surface area contributed by atoms with Crippen LogP contribution in [0.5, 0.6) is 0 Å². The summed E-state index contributed by atoms with van der Waals surface area (Å²) in [5, 5.41) is 10.9. The summed E-state index contributed by atoms with van der Waals surface area (Å²) in [6, 6.07) is 0. The Balaban J connectivity index is 2.48. The van der Waals surface area contributed by atoms with Crippen molar-refractivity contribution < 1.29 is 9.90 Å². The molecule has 2 N–H and O–H groups in total. The van der Waals surface area contributed by atoms with Crippen molar-refractivity contribution in [2.24, 2.45) is 4.99 Å². The third-order valence-electron chi connectivity index (χ3n) is 0.891. The van der Waals surface area contributed by atoms with Crippen molar-refractivity contribution in [2.45, 2.75) is 6.17 Å². The van der Waals surface area contributed by atoms with E-state index in [4.69, 9.17) is 5.11 Å². The summed E-state index contributed by atoms with van der Waals surface area (Å²) in [6.45, 7) is 0.566. The van der Waals surface area contributed by atoms with Crippen molar-refractivity contribution >= 4 is 12.2 Å². The van der Waals surface area contributed by atoms with Gasteiger partial charge in [0.25, 0.3) is 0 Å². The van der Waals surface area contributed by atoms with Crippen LogP contribution in [0, 0.1) is 0 Å². The molecule has 0 radical (unpaired) electrons. The molecular weight excluding hydrogens is 108 g/mol. The van der Waals surface area contributed by atoms with Crippen molar-refractivity contribution in [1.29, 1.82) is 0 Å². The number of hydrogen-bond donors (Lipinski definition) is 2. The number of carbonyl (C=O) groups is 1. The third kappa shape index (κ3) is 0.840. The highest BCUT2D eigenvalue weighted by Gasteiger charge is 2.16. The molecule has 4 nitrogen and oxygen atoms in total. The van der Waals surface area contributed by atoms with Crippen LogP contribution in [0.4, 0.5) is 0 Å². The van der Waals surface area contributed by atoms with Gasteiger partial charge in [-0.25, -0.2) is 4.79 Å².